The molecule has 2 unspecified atom stereocenters. The van der Waals surface area contributed by atoms with Crippen molar-refractivity contribution in [3.63, 3.8) is 0 Å². The molecular weight excluding hydrogens is 264 g/mol. The fourth-order valence-corrected chi connectivity index (χ4v) is 2.93. The molecule has 0 aliphatic carbocycles. The molecule has 4 heteroatoms. The summed E-state index contributed by atoms with van der Waals surface area (Å²) in [6.07, 6.45) is 3.64. The van der Waals surface area contributed by atoms with E-state index in [2.05, 4.69) is 12.2 Å². The Morgan fingerprint density at radius 3 is 2.81 bits per heavy atom. The molecule has 116 valence electrons. The number of benzene rings is 1. The molecule has 2 rings (SSSR count). The van der Waals surface area contributed by atoms with Gasteiger partial charge in [-0.3, -0.25) is 4.79 Å². The molecule has 1 aliphatic rings. The van der Waals surface area contributed by atoms with Crippen LogP contribution in [-0.2, 0) is 11.2 Å². The molecule has 0 bridgehead atoms. The number of hydrogen-bond acceptors (Lipinski definition) is 3. The summed E-state index contributed by atoms with van der Waals surface area (Å²) in [6.45, 7) is 3.74. The van der Waals surface area contributed by atoms with Crippen molar-refractivity contribution in [3.8, 4) is 0 Å². The lowest BCUT2D eigenvalue weighted by atomic mass is 9.99. The maximum absolute atomic E-state index is 12.6. The fraction of sp³-hybridized carbons (Fsp3) is 0.588. The summed E-state index contributed by atoms with van der Waals surface area (Å²) in [5.41, 5.74) is 1.16. The summed E-state index contributed by atoms with van der Waals surface area (Å²) < 4.78 is 0. The minimum absolute atomic E-state index is 0.0150. The third-order valence-corrected chi connectivity index (χ3v) is 4.08. The smallest absolute Gasteiger partial charge is 0.240 e. The van der Waals surface area contributed by atoms with Crippen molar-refractivity contribution in [3.05, 3.63) is 35.9 Å². The average Bonchev–Trinajstić information content (AvgIpc) is 2.53. The zero-order chi connectivity index (χ0) is 15.1. The van der Waals surface area contributed by atoms with Gasteiger partial charge in [0.25, 0.3) is 0 Å². The second-order valence-electron chi connectivity index (χ2n) is 5.71. The van der Waals surface area contributed by atoms with Crippen LogP contribution in [-0.4, -0.2) is 47.7 Å². The molecule has 1 aliphatic heterocycles. The van der Waals surface area contributed by atoms with Crippen LogP contribution in [0.2, 0.25) is 0 Å². The molecule has 0 radical (unpaired) electrons. The lowest BCUT2D eigenvalue weighted by molar-refractivity contribution is -0.139. The zero-order valence-corrected chi connectivity index (χ0v) is 12.8. The van der Waals surface area contributed by atoms with Crippen molar-refractivity contribution in [1.82, 2.24) is 10.2 Å². The first-order chi connectivity index (χ1) is 10.3. The highest BCUT2D eigenvalue weighted by Gasteiger charge is 2.32. The molecule has 2 N–H and O–H groups in total. The molecule has 1 fully saturated rings. The molecule has 1 aromatic carbocycles. The minimum atomic E-state index is -0.119. The molecule has 0 spiro atoms. The Bertz CT molecular complexity index is 436. The SMILES string of the molecule is CCCNC1CCCN(C(CO)Cc2ccccc2)C1=O. The number of likely N-dealkylation sites (tertiary alicyclic amines) is 1. The van der Waals surface area contributed by atoms with Gasteiger partial charge in [0.1, 0.15) is 0 Å². The van der Waals surface area contributed by atoms with E-state index < -0.39 is 0 Å². The molecule has 1 saturated heterocycles. The first-order valence-electron chi connectivity index (χ1n) is 7.95. The van der Waals surface area contributed by atoms with Gasteiger partial charge in [0.15, 0.2) is 0 Å². The van der Waals surface area contributed by atoms with Crippen LogP contribution in [0.15, 0.2) is 30.3 Å². The van der Waals surface area contributed by atoms with Crippen LogP contribution >= 0.6 is 0 Å². The van der Waals surface area contributed by atoms with Crippen LogP contribution in [0.1, 0.15) is 31.7 Å². The number of piperidine rings is 1. The Hall–Kier alpha value is -1.39. The van der Waals surface area contributed by atoms with Gasteiger partial charge in [0.05, 0.1) is 18.7 Å². The normalized spacial score (nSPS) is 20.6. The van der Waals surface area contributed by atoms with Crippen molar-refractivity contribution in [2.24, 2.45) is 0 Å². The van der Waals surface area contributed by atoms with E-state index in [9.17, 15) is 9.90 Å². The van der Waals surface area contributed by atoms with Crippen LogP contribution in [0, 0.1) is 0 Å². The second kappa shape index (κ2) is 8.15. The molecule has 1 heterocycles. The van der Waals surface area contributed by atoms with Crippen molar-refractivity contribution in [2.45, 2.75) is 44.7 Å². The molecule has 1 amide bonds. The van der Waals surface area contributed by atoms with Crippen LogP contribution in [0.4, 0.5) is 0 Å². The number of amides is 1. The largest absolute Gasteiger partial charge is 0.394 e. The van der Waals surface area contributed by atoms with E-state index in [0.717, 1.165) is 37.9 Å². The van der Waals surface area contributed by atoms with Crippen molar-refractivity contribution >= 4 is 5.91 Å². The van der Waals surface area contributed by atoms with E-state index in [1.807, 2.05) is 35.2 Å². The van der Waals surface area contributed by atoms with Gasteiger partial charge in [-0.15, -0.1) is 0 Å². The Balaban J connectivity index is 2.01. The molecule has 0 saturated carbocycles. The monoisotopic (exact) mass is 290 g/mol. The quantitative estimate of drug-likeness (QED) is 0.801. The Kier molecular flexibility index (Phi) is 6.21. The third-order valence-electron chi connectivity index (χ3n) is 4.08. The lowest BCUT2D eigenvalue weighted by Crippen LogP contribution is -2.55. The van der Waals surface area contributed by atoms with Crippen molar-refractivity contribution in [2.75, 3.05) is 19.7 Å². The van der Waals surface area contributed by atoms with Crippen LogP contribution in [0.25, 0.3) is 0 Å². The second-order valence-corrected chi connectivity index (χ2v) is 5.71. The number of hydrogen-bond donors (Lipinski definition) is 2. The summed E-state index contributed by atoms with van der Waals surface area (Å²) in [4.78, 5) is 14.4. The summed E-state index contributed by atoms with van der Waals surface area (Å²) in [5.74, 6) is 0.143. The van der Waals surface area contributed by atoms with Gasteiger partial charge in [-0.1, -0.05) is 37.3 Å². The highest BCUT2D eigenvalue weighted by atomic mass is 16.3. The zero-order valence-electron chi connectivity index (χ0n) is 12.8. The van der Waals surface area contributed by atoms with E-state index in [4.69, 9.17) is 0 Å². The van der Waals surface area contributed by atoms with Gasteiger partial charge < -0.3 is 15.3 Å². The number of rotatable bonds is 7. The van der Waals surface area contributed by atoms with Gasteiger partial charge in [0.2, 0.25) is 5.91 Å². The van der Waals surface area contributed by atoms with Gasteiger partial charge >= 0.3 is 0 Å². The number of carbonyl (C=O) groups excluding carboxylic acids is 1. The number of aliphatic hydroxyl groups excluding tert-OH is 1. The van der Waals surface area contributed by atoms with Crippen LogP contribution in [0.5, 0.6) is 0 Å². The number of carbonyl (C=O) groups is 1. The van der Waals surface area contributed by atoms with Crippen molar-refractivity contribution in [1.29, 1.82) is 0 Å². The topological polar surface area (TPSA) is 52.6 Å². The van der Waals surface area contributed by atoms with E-state index >= 15 is 0 Å². The van der Waals surface area contributed by atoms with Gasteiger partial charge in [0, 0.05) is 6.54 Å². The van der Waals surface area contributed by atoms with Gasteiger partial charge in [-0.05, 0) is 37.8 Å². The highest BCUT2D eigenvalue weighted by Crippen LogP contribution is 2.17. The van der Waals surface area contributed by atoms with E-state index in [0.29, 0.717) is 6.42 Å². The molecule has 0 aromatic heterocycles. The van der Waals surface area contributed by atoms with Gasteiger partial charge in [-0.25, -0.2) is 0 Å². The summed E-state index contributed by atoms with van der Waals surface area (Å²) in [5, 5.41) is 13.0. The van der Waals surface area contributed by atoms with E-state index in [1.165, 1.54) is 0 Å². The Labute approximate surface area is 127 Å². The van der Waals surface area contributed by atoms with Crippen LogP contribution < -0.4 is 5.32 Å². The van der Waals surface area contributed by atoms with E-state index in [1.54, 1.807) is 0 Å². The molecule has 1 aromatic rings. The summed E-state index contributed by atoms with van der Waals surface area (Å²) in [6, 6.07) is 9.86. The number of aliphatic hydroxyl groups is 1. The standard InChI is InChI=1S/C17H26N2O2/c1-2-10-18-16-9-6-11-19(17(16)21)15(13-20)12-14-7-4-3-5-8-14/h3-5,7-8,15-16,18,20H,2,6,9-13H2,1H3. The summed E-state index contributed by atoms with van der Waals surface area (Å²) >= 11 is 0. The first kappa shape index (κ1) is 16.0. The lowest BCUT2D eigenvalue weighted by Gasteiger charge is -2.37. The Morgan fingerprint density at radius 2 is 2.14 bits per heavy atom. The molecule has 21 heavy (non-hydrogen) atoms. The first-order valence-corrected chi connectivity index (χ1v) is 7.95. The van der Waals surface area contributed by atoms with Crippen LogP contribution in [0.3, 0.4) is 0 Å². The van der Waals surface area contributed by atoms with Gasteiger partial charge in [-0.2, -0.15) is 0 Å². The average molecular weight is 290 g/mol. The summed E-state index contributed by atoms with van der Waals surface area (Å²) in [7, 11) is 0. The van der Waals surface area contributed by atoms with E-state index in [-0.39, 0.29) is 24.6 Å². The third kappa shape index (κ3) is 4.29. The number of nitrogens with zero attached hydrogens (tertiary/aromatic N) is 1. The Morgan fingerprint density at radius 1 is 1.38 bits per heavy atom. The highest BCUT2D eigenvalue weighted by molar-refractivity contribution is 5.83. The molecular formula is C17H26N2O2. The molecule has 2 atom stereocenters. The fourth-order valence-electron chi connectivity index (χ4n) is 2.93. The maximum Gasteiger partial charge on any atom is 0.240 e. The molecule has 4 nitrogen and oxygen atoms in total. The predicted octanol–water partition coefficient (Wildman–Crippen LogP) is 1.58. The minimum Gasteiger partial charge on any atom is -0.394 e. The maximum atomic E-state index is 12.6. The van der Waals surface area contributed by atoms with Crippen molar-refractivity contribution < 1.29 is 9.90 Å². The number of nitrogens with one attached hydrogen (secondary N) is 1. The predicted molar refractivity (Wildman–Crippen MR) is 84.0 cm³/mol.